The van der Waals surface area contributed by atoms with Crippen LogP contribution >= 0.6 is 0 Å². The maximum atomic E-state index is 11.4. The van der Waals surface area contributed by atoms with Gasteiger partial charge in [-0.3, -0.25) is 4.79 Å². The summed E-state index contributed by atoms with van der Waals surface area (Å²) in [5, 5.41) is 0. The second-order valence-electron chi connectivity index (χ2n) is 3.12. The van der Waals surface area contributed by atoms with Crippen LogP contribution in [0.5, 0.6) is 0 Å². The van der Waals surface area contributed by atoms with Crippen LogP contribution in [0.1, 0.15) is 24.7 Å². The first-order valence-corrected chi connectivity index (χ1v) is 4.76. The van der Waals surface area contributed by atoms with Crippen molar-refractivity contribution in [2.24, 2.45) is 5.73 Å². The highest BCUT2D eigenvalue weighted by Gasteiger charge is 2.05. The van der Waals surface area contributed by atoms with Gasteiger partial charge < -0.3 is 16.5 Å². The maximum absolute atomic E-state index is 11.4. The molecule has 1 aromatic heterocycles. The molecule has 0 aliphatic rings. The van der Waals surface area contributed by atoms with Gasteiger partial charge in [0.2, 0.25) is 0 Å². The lowest BCUT2D eigenvalue weighted by Gasteiger charge is -2.04. The summed E-state index contributed by atoms with van der Waals surface area (Å²) >= 11 is 0. The standard InChI is InChI=1S/C9H16N4O/c1-2-6-8(11)12-7(4-3-5-10)13-9(6)14/h2-5,10H2,1H3,(H3,11,12,13,14). The van der Waals surface area contributed by atoms with Crippen molar-refractivity contribution in [3.8, 4) is 0 Å². The first-order chi connectivity index (χ1) is 6.69. The molecule has 0 radical (unpaired) electrons. The van der Waals surface area contributed by atoms with Gasteiger partial charge in [-0.05, 0) is 19.4 Å². The lowest BCUT2D eigenvalue weighted by Crippen LogP contribution is -2.19. The van der Waals surface area contributed by atoms with Crippen molar-refractivity contribution in [2.45, 2.75) is 26.2 Å². The van der Waals surface area contributed by atoms with Crippen molar-refractivity contribution in [3.63, 3.8) is 0 Å². The highest BCUT2D eigenvalue weighted by molar-refractivity contribution is 5.37. The molecule has 0 aliphatic heterocycles. The van der Waals surface area contributed by atoms with Gasteiger partial charge in [0.05, 0.1) is 5.56 Å². The quantitative estimate of drug-likeness (QED) is 0.621. The number of H-pyrrole nitrogens is 1. The maximum Gasteiger partial charge on any atom is 0.256 e. The van der Waals surface area contributed by atoms with Crippen LogP contribution in [0.15, 0.2) is 4.79 Å². The largest absolute Gasteiger partial charge is 0.383 e. The number of nitrogens with two attached hydrogens (primary N) is 2. The molecule has 0 fully saturated rings. The highest BCUT2D eigenvalue weighted by Crippen LogP contribution is 2.03. The number of aromatic nitrogens is 2. The summed E-state index contributed by atoms with van der Waals surface area (Å²) in [5.74, 6) is 0.957. The van der Waals surface area contributed by atoms with Crippen LogP contribution < -0.4 is 17.0 Å². The molecular weight excluding hydrogens is 180 g/mol. The number of aryl methyl sites for hydroxylation is 1. The van der Waals surface area contributed by atoms with Gasteiger partial charge in [-0.1, -0.05) is 6.92 Å². The number of nitrogen functional groups attached to an aromatic ring is 1. The Morgan fingerprint density at radius 1 is 1.50 bits per heavy atom. The van der Waals surface area contributed by atoms with Crippen LogP contribution in [0, 0.1) is 0 Å². The second-order valence-corrected chi connectivity index (χ2v) is 3.12. The molecule has 0 saturated heterocycles. The van der Waals surface area contributed by atoms with Crippen LogP contribution in [0.25, 0.3) is 0 Å². The van der Waals surface area contributed by atoms with Crippen LogP contribution in [-0.4, -0.2) is 16.5 Å². The molecule has 0 unspecified atom stereocenters. The highest BCUT2D eigenvalue weighted by atomic mass is 16.1. The van der Waals surface area contributed by atoms with Gasteiger partial charge in [0, 0.05) is 6.42 Å². The van der Waals surface area contributed by atoms with Gasteiger partial charge in [-0.15, -0.1) is 0 Å². The van der Waals surface area contributed by atoms with E-state index in [2.05, 4.69) is 9.97 Å². The summed E-state index contributed by atoms with van der Waals surface area (Å²) in [7, 11) is 0. The van der Waals surface area contributed by atoms with Crippen LogP contribution in [-0.2, 0) is 12.8 Å². The fourth-order valence-corrected chi connectivity index (χ4v) is 1.29. The third kappa shape index (κ3) is 2.32. The SMILES string of the molecule is CCc1c(N)nc(CCCN)[nH]c1=O. The predicted octanol–water partition coefficient (Wildman–Crippen LogP) is -0.194. The molecule has 0 bridgehead atoms. The van der Waals surface area contributed by atoms with Crippen LogP contribution in [0.3, 0.4) is 0 Å². The number of anilines is 1. The fraction of sp³-hybridized carbons (Fsp3) is 0.556. The van der Waals surface area contributed by atoms with Gasteiger partial charge in [0.25, 0.3) is 5.56 Å². The first-order valence-electron chi connectivity index (χ1n) is 4.76. The molecule has 0 aliphatic carbocycles. The molecule has 0 amide bonds. The first kappa shape index (κ1) is 10.7. The third-order valence-corrected chi connectivity index (χ3v) is 2.07. The van der Waals surface area contributed by atoms with Crippen molar-refractivity contribution < 1.29 is 0 Å². The second kappa shape index (κ2) is 4.76. The molecular formula is C9H16N4O. The number of nitrogens with zero attached hydrogens (tertiary/aromatic N) is 1. The van der Waals surface area contributed by atoms with E-state index >= 15 is 0 Å². The van der Waals surface area contributed by atoms with Gasteiger partial charge >= 0.3 is 0 Å². The summed E-state index contributed by atoms with van der Waals surface area (Å²) in [6, 6.07) is 0. The van der Waals surface area contributed by atoms with Crippen LogP contribution in [0.2, 0.25) is 0 Å². The van der Waals surface area contributed by atoms with Gasteiger partial charge in [0.15, 0.2) is 0 Å². The molecule has 5 heteroatoms. The fourth-order valence-electron chi connectivity index (χ4n) is 1.29. The zero-order valence-electron chi connectivity index (χ0n) is 8.34. The molecule has 1 rings (SSSR count). The Morgan fingerprint density at radius 2 is 2.21 bits per heavy atom. The van der Waals surface area contributed by atoms with E-state index in [9.17, 15) is 4.79 Å². The Labute approximate surface area is 82.5 Å². The molecule has 0 atom stereocenters. The van der Waals surface area contributed by atoms with E-state index in [1.54, 1.807) is 0 Å². The van der Waals surface area contributed by atoms with E-state index in [-0.39, 0.29) is 5.56 Å². The molecule has 0 saturated carbocycles. The Hall–Kier alpha value is -1.36. The summed E-state index contributed by atoms with van der Waals surface area (Å²) in [6.45, 7) is 2.46. The molecule has 5 N–H and O–H groups in total. The predicted molar refractivity (Wildman–Crippen MR) is 56.0 cm³/mol. The van der Waals surface area contributed by atoms with Crippen molar-refractivity contribution in [2.75, 3.05) is 12.3 Å². The van der Waals surface area contributed by atoms with E-state index < -0.39 is 0 Å². The van der Waals surface area contributed by atoms with E-state index in [1.165, 1.54) is 0 Å². The monoisotopic (exact) mass is 196 g/mol. The zero-order chi connectivity index (χ0) is 10.6. The summed E-state index contributed by atoms with van der Waals surface area (Å²) in [5.41, 5.74) is 11.4. The number of aromatic amines is 1. The van der Waals surface area contributed by atoms with Crippen molar-refractivity contribution in [3.05, 3.63) is 21.7 Å². The average molecular weight is 196 g/mol. The lowest BCUT2D eigenvalue weighted by atomic mass is 10.2. The molecule has 0 aromatic carbocycles. The molecule has 1 heterocycles. The average Bonchev–Trinajstić information content (AvgIpc) is 2.14. The van der Waals surface area contributed by atoms with E-state index in [0.29, 0.717) is 36.6 Å². The van der Waals surface area contributed by atoms with Gasteiger partial charge in [-0.25, -0.2) is 4.98 Å². The molecule has 5 nitrogen and oxygen atoms in total. The molecule has 0 spiro atoms. The smallest absolute Gasteiger partial charge is 0.256 e. The number of hydrogen-bond donors (Lipinski definition) is 3. The topological polar surface area (TPSA) is 97.8 Å². The Morgan fingerprint density at radius 3 is 2.71 bits per heavy atom. The summed E-state index contributed by atoms with van der Waals surface area (Å²) in [4.78, 5) is 18.3. The molecule has 1 aromatic rings. The van der Waals surface area contributed by atoms with Crippen molar-refractivity contribution >= 4 is 5.82 Å². The van der Waals surface area contributed by atoms with E-state index in [4.69, 9.17) is 11.5 Å². The zero-order valence-corrected chi connectivity index (χ0v) is 8.34. The Balaban J connectivity index is 2.96. The van der Waals surface area contributed by atoms with Gasteiger partial charge in [-0.2, -0.15) is 0 Å². The minimum absolute atomic E-state index is 0.132. The minimum atomic E-state index is -0.132. The Bertz CT molecular complexity index is 358. The molecule has 14 heavy (non-hydrogen) atoms. The van der Waals surface area contributed by atoms with Crippen molar-refractivity contribution in [1.29, 1.82) is 0 Å². The Kier molecular flexibility index (Phi) is 3.64. The van der Waals surface area contributed by atoms with Crippen LogP contribution in [0.4, 0.5) is 5.82 Å². The van der Waals surface area contributed by atoms with Gasteiger partial charge in [0.1, 0.15) is 11.6 Å². The van der Waals surface area contributed by atoms with E-state index in [1.807, 2.05) is 6.92 Å². The number of nitrogens with one attached hydrogen (secondary N) is 1. The number of hydrogen-bond acceptors (Lipinski definition) is 4. The lowest BCUT2D eigenvalue weighted by molar-refractivity contribution is 0.772. The van der Waals surface area contributed by atoms with E-state index in [0.717, 1.165) is 6.42 Å². The summed E-state index contributed by atoms with van der Waals surface area (Å²) in [6.07, 6.45) is 2.07. The molecule has 78 valence electrons. The normalized spacial score (nSPS) is 10.4. The third-order valence-electron chi connectivity index (χ3n) is 2.07. The minimum Gasteiger partial charge on any atom is -0.383 e. The van der Waals surface area contributed by atoms with Crippen molar-refractivity contribution in [1.82, 2.24) is 9.97 Å². The number of rotatable bonds is 4. The summed E-state index contributed by atoms with van der Waals surface area (Å²) < 4.78 is 0.